The molecule has 17 heavy (non-hydrogen) atoms. The van der Waals surface area contributed by atoms with Gasteiger partial charge in [-0.2, -0.15) is 0 Å². The lowest BCUT2D eigenvalue weighted by atomic mass is 10.0. The van der Waals surface area contributed by atoms with Gasteiger partial charge in [0.15, 0.2) is 11.6 Å². The van der Waals surface area contributed by atoms with Gasteiger partial charge in [0, 0.05) is 6.04 Å². The van der Waals surface area contributed by atoms with Gasteiger partial charge in [-0.1, -0.05) is 32.3 Å². The smallest absolute Gasteiger partial charge is 0.159 e. The molecule has 3 heteroatoms. The van der Waals surface area contributed by atoms with Crippen LogP contribution in [0.2, 0.25) is 0 Å². The highest BCUT2D eigenvalue weighted by Crippen LogP contribution is 2.13. The minimum absolute atomic E-state index is 0.339. The fourth-order valence-electron chi connectivity index (χ4n) is 1.94. The van der Waals surface area contributed by atoms with Gasteiger partial charge in [0.1, 0.15) is 0 Å². The number of nitrogens with one attached hydrogen (secondary N) is 1. The van der Waals surface area contributed by atoms with Crippen molar-refractivity contribution in [2.24, 2.45) is 0 Å². The Morgan fingerprint density at radius 1 is 1.18 bits per heavy atom. The van der Waals surface area contributed by atoms with Crippen LogP contribution >= 0.6 is 0 Å². The Kier molecular flexibility index (Phi) is 6.12. The van der Waals surface area contributed by atoms with Crippen molar-refractivity contribution < 1.29 is 8.78 Å². The molecule has 1 rings (SSSR count). The molecule has 1 atom stereocenters. The van der Waals surface area contributed by atoms with Crippen molar-refractivity contribution in [1.29, 1.82) is 0 Å². The number of hydrogen-bond donors (Lipinski definition) is 1. The highest BCUT2D eigenvalue weighted by molar-refractivity contribution is 5.18. The van der Waals surface area contributed by atoms with Crippen LogP contribution in [0.3, 0.4) is 0 Å². The van der Waals surface area contributed by atoms with Gasteiger partial charge in [-0.05, 0) is 37.6 Å². The Hall–Kier alpha value is -0.960. The Morgan fingerprint density at radius 3 is 2.53 bits per heavy atom. The van der Waals surface area contributed by atoms with Crippen LogP contribution in [0.1, 0.15) is 38.2 Å². The molecule has 1 unspecified atom stereocenters. The normalized spacial score (nSPS) is 12.7. The summed E-state index contributed by atoms with van der Waals surface area (Å²) in [4.78, 5) is 0. The topological polar surface area (TPSA) is 12.0 Å². The molecule has 0 bridgehead atoms. The molecule has 0 spiro atoms. The van der Waals surface area contributed by atoms with E-state index in [1.807, 2.05) is 7.05 Å². The lowest BCUT2D eigenvalue weighted by Gasteiger charge is -2.16. The van der Waals surface area contributed by atoms with E-state index in [0.717, 1.165) is 18.4 Å². The Bertz CT molecular complexity index is 339. The van der Waals surface area contributed by atoms with Crippen LogP contribution in [0.25, 0.3) is 0 Å². The molecule has 1 aromatic carbocycles. The molecular weight excluding hydrogens is 220 g/mol. The Balaban J connectivity index is 2.51. The van der Waals surface area contributed by atoms with E-state index in [2.05, 4.69) is 12.2 Å². The third-order valence-corrected chi connectivity index (χ3v) is 3.03. The third kappa shape index (κ3) is 4.82. The summed E-state index contributed by atoms with van der Waals surface area (Å²) in [5.41, 5.74) is 0.847. The van der Waals surface area contributed by atoms with Crippen LogP contribution in [-0.4, -0.2) is 13.1 Å². The van der Waals surface area contributed by atoms with E-state index in [1.165, 1.54) is 31.4 Å². The van der Waals surface area contributed by atoms with Gasteiger partial charge in [-0.3, -0.25) is 0 Å². The summed E-state index contributed by atoms with van der Waals surface area (Å²) in [7, 11) is 1.91. The molecule has 0 aromatic heterocycles. The van der Waals surface area contributed by atoms with E-state index in [1.54, 1.807) is 6.07 Å². The zero-order valence-electron chi connectivity index (χ0n) is 10.6. The zero-order chi connectivity index (χ0) is 12.7. The van der Waals surface area contributed by atoms with Crippen molar-refractivity contribution >= 4 is 0 Å². The first kappa shape index (κ1) is 14.1. The third-order valence-electron chi connectivity index (χ3n) is 3.03. The molecule has 1 aromatic rings. The summed E-state index contributed by atoms with van der Waals surface area (Å²) < 4.78 is 25.8. The van der Waals surface area contributed by atoms with Crippen molar-refractivity contribution in [3.63, 3.8) is 0 Å². The molecule has 96 valence electrons. The molecule has 0 aliphatic carbocycles. The summed E-state index contributed by atoms with van der Waals surface area (Å²) in [6, 6.07) is 4.48. The second kappa shape index (κ2) is 7.38. The fourth-order valence-corrected chi connectivity index (χ4v) is 1.94. The fraction of sp³-hybridized carbons (Fsp3) is 0.571. The molecule has 0 saturated heterocycles. The quantitative estimate of drug-likeness (QED) is 0.718. The van der Waals surface area contributed by atoms with E-state index in [4.69, 9.17) is 0 Å². The second-order valence-electron chi connectivity index (χ2n) is 4.43. The first-order chi connectivity index (χ1) is 8.17. The Morgan fingerprint density at radius 2 is 1.94 bits per heavy atom. The molecule has 0 heterocycles. The molecule has 0 saturated carbocycles. The average Bonchev–Trinajstić information content (AvgIpc) is 2.32. The maximum atomic E-state index is 13.0. The highest BCUT2D eigenvalue weighted by atomic mass is 19.2. The first-order valence-corrected chi connectivity index (χ1v) is 6.28. The summed E-state index contributed by atoms with van der Waals surface area (Å²) >= 11 is 0. The standard InChI is InChI=1S/C14H21F2N/c1-3-4-5-6-12(17-2)9-11-7-8-13(15)14(16)10-11/h7-8,10,12,17H,3-6,9H2,1-2H3. The van der Waals surface area contributed by atoms with Gasteiger partial charge in [-0.15, -0.1) is 0 Å². The zero-order valence-corrected chi connectivity index (χ0v) is 10.6. The predicted molar refractivity (Wildman–Crippen MR) is 67.1 cm³/mol. The van der Waals surface area contributed by atoms with Gasteiger partial charge >= 0.3 is 0 Å². The molecule has 0 amide bonds. The maximum Gasteiger partial charge on any atom is 0.159 e. The van der Waals surface area contributed by atoms with Crippen LogP contribution in [0.4, 0.5) is 8.78 Å². The Labute approximate surface area is 102 Å². The maximum absolute atomic E-state index is 13.0. The summed E-state index contributed by atoms with van der Waals surface area (Å²) in [5.74, 6) is -1.54. The minimum Gasteiger partial charge on any atom is -0.317 e. The lowest BCUT2D eigenvalue weighted by Crippen LogP contribution is -2.27. The highest BCUT2D eigenvalue weighted by Gasteiger charge is 2.09. The van der Waals surface area contributed by atoms with Crippen LogP contribution in [0, 0.1) is 11.6 Å². The summed E-state index contributed by atoms with van der Waals surface area (Å²) in [5, 5.41) is 3.23. The second-order valence-corrected chi connectivity index (χ2v) is 4.43. The van der Waals surface area contributed by atoms with E-state index < -0.39 is 11.6 Å². The van der Waals surface area contributed by atoms with Gasteiger partial charge in [0.05, 0.1) is 0 Å². The monoisotopic (exact) mass is 241 g/mol. The van der Waals surface area contributed by atoms with Crippen molar-refractivity contribution in [3.05, 3.63) is 35.4 Å². The number of rotatable bonds is 7. The van der Waals surface area contributed by atoms with Gasteiger partial charge < -0.3 is 5.32 Å². The van der Waals surface area contributed by atoms with E-state index in [0.29, 0.717) is 6.04 Å². The van der Waals surface area contributed by atoms with Crippen LogP contribution in [0.5, 0.6) is 0 Å². The molecule has 0 aliphatic rings. The molecule has 1 nitrogen and oxygen atoms in total. The molecule has 0 radical (unpaired) electrons. The number of benzene rings is 1. The van der Waals surface area contributed by atoms with Crippen LogP contribution in [0.15, 0.2) is 18.2 Å². The molecule has 0 fully saturated rings. The number of halogens is 2. The number of unbranched alkanes of at least 4 members (excludes halogenated alkanes) is 2. The average molecular weight is 241 g/mol. The molecule has 1 N–H and O–H groups in total. The lowest BCUT2D eigenvalue weighted by molar-refractivity contribution is 0.482. The van der Waals surface area contributed by atoms with Gasteiger partial charge in [0.25, 0.3) is 0 Å². The van der Waals surface area contributed by atoms with Crippen LogP contribution in [-0.2, 0) is 6.42 Å². The summed E-state index contributed by atoms with van der Waals surface area (Å²) in [6.45, 7) is 2.17. The number of likely N-dealkylation sites (N-methyl/N-ethyl adjacent to an activating group) is 1. The van der Waals surface area contributed by atoms with E-state index >= 15 is 0 Å². The molecule has 0 aliphatic heterocycles. The minimum atomic E-state index is -0.777. The number of hydrogen-bond acceptors (Lipinski definition) is 1. The largest absolute Gasteiger partial charge is 0.317 e. The van der Waals surface area contributed by atoms with Crippen LogP contribution < -0.4 is 5.32 Å². The van der Waals surface area contributed by atoms with Crippen molar-refractivity contribution in [1.82, 2.24) is 5.32 Å². The van der Waals surface area contributed by atoms with E-state index in [9.17, 15) is 8.78 Å². The first-order valence-electron chi connectivity index (χ1n) is 6.28. The van der Waals surface area contributed by atoms with Crippen molar-refractivity contribution in [2.75, 3.05) is 7.05 Å². The van der Waals surface area contributed by atoms with E-state index in [-0.39, 0.29) is 0 Å². The predicted octanol–water partition coefficient (Wildman–Crippen LogP) is 3.68. The summed E-state index contributed by atoms with van der Waals surface area (Å²) in [6.07, 6.45) is 5.41. The van der Waals surface area contributed by atoms with Gasteiger partial charge in [-0.25, -0.2) is 8.78 Å². The molecular formula is C14H21F2N. The van der Waals surface area contributed by atoms with Crippen molar-refractivity contribution in [2.45, 2.75) is 45.1 Å². The van der Waals surface area contributed by atoms with Crippen molar-refractivity contribution in [3.8, 4) is 0 Å². The van der Waals surface area contributed by atoms with Gasteiger partial charge in [0.2, 0.25) is 0 Å². The SMILES string of the molecule is CCCCCC(Cc1ccc(F)c(F)c1)NC.